The molecule has 0 fully saturated rings. The van der Waals surface area contributed by atoms with E-state index in [9.17, 15) is 22.5 Å². The number of alkyl halides is 2. The van der Waals surface area contributed by atoms with Crippen LogP contribution in [0.15, 0.2) is 59.9 Å². The number of halogens is 3. The van der Waals surface area contributed by atoms with Gasteiger partial charge in [0, 0.05) is 16.6 Å². The highest BCUT2D eigenvalue weighted by Crippen LogP contribution is 2.35. The van der Waals surface area contributed by atoms with E-state index in [-0.39, 0.29) is 22.0 Å². The Morgan fingerprint density at radius 3 is 2.45 bits per heavy atom. The van der Waals surface area contributed by atoms with Gasteiger partial charge in [0.2, 0.25) is 10.0 Å². The highest BCUT2D eigenvalue weighted by Gasteiger charge is 2.25. The first-order valence-corrected chi connectivity index (χ1v) is 11.4. The molecule has 1 aromatic carbocycles. The van der Waals surface area contributed by atoms with Gasteiger partial charge in [0.15, 0.2) is 5.82 Å². The summed E-state index contributed by atoms with van der Waals surface area (Å²) < 4.78 is 53.9. The van der Waals surface area contributed by atoms with Crippen LogP contribution in [0.3, 0.4) is 0 Å². The Labute approximate surface area is 192 Å². The van der Waals surface area contributed by atoms with Crippen LogP contribution < -0.4 is 4.72 Å². The minimum absolute atomic E-state index is 0.0519. The summed E-state index contributed by atoms with van der Waals surface area (Å²) in [6.07, 6.45) is 3.59. The van der Waals surface area contributed by atoms with E-state index < -0.39 is 29.4 Å². The molecule has 0 aliphatic rings. The molecule has 3 heterocycles. The van der Waals surface area contributed by atoms with Crippen LogP contribution in [0.25, 0.3) is 28.2 Å². The Hall–Kier alpha value is -3.46. The molecule has 0 aliphatic carbocycles. The van der Waals surface area contributed by atoms with Crippen molar-refractivity contribution in [1.29, 1.82) is 5.26 Å². The molecule has 0 spiro atoms. The van der Waals surface area contributed by atoms with Crippen molar-refractivity contribution in [2.45, 2.75) is 10.9 Å². The Balaban J connectivity index is 1.89. The average Bonchev–Trinajstić information content (AvgIpc) is 3.16. The molecular formula is C21H15ClF2N6O2S. The zero-order chi connectivity index (χ0) is 23.6. The monoisotopic (exact) mass is 488 g/mol. The Morgan fingerprint density at radius 1 is 1.12 bits per heavy atom. The van der Waals surface area contributed by atoms with Gasteiger partial charge in [-0.2, -0.15) is 5.26 Å². The van der Waals surface area contributed by atoms with Crippen molar-refractivity contribution in [2.75, 3.05) is 13.3 Å². The van der Waals surface area contributed by atoms with E-state index in [4.69, 9.17) is 11.6 Å². The lowest BCUT2D eigenvalue weighted by molar-refractivity contribution is 0.334. The Kier molecular flexibility index (Phi) is 6.33. The van der Waals surface area contributed by atoms with E-state index in [1.165, 1.54) is 0 Å². The van der Waals surface area contributed by atoms with Gasteiger partial charge in [0.1, 0.15) is 35.8 Å². The summed E-state index contributed by atoms with van der Waals surface area (Å²) in [5.74, 6) is 0.521. The first-order chi connectivity index (χ1) is 15.9. The number of hydrogen-bond acceptors (Lipinski definition) is 6. The third-order valence-electron chi connectivity index (χ3n) is 4.77. The molecule has 0 saturated heterocycles. The minimum atomic E-state index is -4.25. The van der Waals surface area contributed by atoms with E-state index in [2.05, 4.69) is 21.0 Å². The van der Waals surface area contributed by atoms with E-state index >= 15 is 0 Å². The fourth-order valence-corrected chi connectivity index (χ4v) is 4.53. The van der Waals surface area contributed by atoms with Crippen LogP contribution in [-0.4, -0.2) is 47.3 Å². The molecule has 12 heteroatoms. The van der Waals surface area contributed by atoms with Crippen molar-refractivity contribution in [1.82, 2.24) is 24.2 Å². The van der Waals surface area contributed by atoms with Gasteiger partial charge in [-0.3, -0.25) is 4.57 Å². The van der Waals surface area contributed by atoms with Crippen molar-refractivity contribution in [3.63, 3.8) is 0 Å². The average molecular weight is 489 g/mol. The van der Waals surface area contributed by atoms with Crippen molar-refractivity contribution >= 4 is 32.5 Å². The SMILES string of the molecule is N#Cc1c(-c2ncc(S(=O)(=O)NC(CF)CF)cn2)n(-c2ccccn2)c2cc(Cl)ccc12. The van der Waals surface area contributed by atoms with Gasteiger partial charge in [-0.05, 0) is 30.3 Å². The summed E-state index contributed by atoms with van der Waals surface area (Å²) in [4.78, 5) is 12.2. The maximum atomic E-state index is 12.8. The molecule has 0 unspecified atom stereocenters. The Bertz CT molecular complexity index is 1450. The number of nitrogens with one attached hydrogen (secondary N) is 1. The molecule has 0 radical (unpaired) electrons. The Morgan fingerprint density at radius 2 is 1.85 bits per heavy atom. The van der Waals surface area contributed by atoms with Crippen molar-refractivity contribution < 1.29 is 17.2 Å². The van der Waals surface area contributed by atoms with E-state index in [1.54, 1.807) is 47.2 Å². The normalized spacial score (nSPS) is 11.7. The van der Waals surface area contributed by atoms with Crippen molar-refractivity contribution in [3.05, 3.63) is 65.6 Å². The number of nitriles is 1. The first kappa shape index (κ1) is 22.7. The first-order valence-electron chi connectivity index (χ1n) is 9.51. The molecule has 4 rings (SSSR count). The number of benzene rings is 1. The van der Waals surface area contributed by atoms with Crippen LogP contribution in [0, 0.1) is 11.3 Å². The quantitative estimate of drug-likeness (QED) is 0.425. The summed E-state index contributed by atoms with van der Waals surface area (Å²) in [7, 11) is -4.25. The van der Waals surface area contributed by atoms with Gasteiger partial charge in [0.25, 0.3) is 0 Å². The van der Waals surface area contributed by atoms with Gasteiger partial charge >= 0.3 is 0 Å². The summed E-state index contributed by atoms with van der Waals surface area (Å²) in [5, 5.41) is 10.9. The molecule has 168 valence electrons. The van der Waals surface area contributed by atoms with E-state index in [0.29, 0.717) is 21.7 Å². The molecular weight excluding hydrogens is 474 g/mol. The van der Waals surface area contributed by atoms with E-state index in [0.717, 1.165) is 12.4 Å². The molecule has 1 N–H and O–H groups in total. The molecule has 0 saturated carbocycles. The van der Waals surface area contributed by atoms with Gasteiger partial charge in [-0.25, -0.2) is 36.9 Å². The fraction of sp³-hybridized carbons (Fsp3) is 0.143. The summed E-state index contributed by atoms with van der Waals surface area (Å²) in [5.41, 5.74) is 1.12. The summed E-state index contributed by atoms with van der Waals surface area (Å²) >= 11 is 6.19. The molecule has 0 atom stereocenters. The third-order valence-corrected chi connectivity index (χ3v) is 6.48. The second kappa shape index (κ2) is 9.19. The molecule has 0 bridgehead atoms. The van der Waals surface area contributed by atoms with Crippen molar-refractivity contribution in [3.8, 4) is 23.4 Å². The highest BCUT2D eigenvalue weighted by atomic mass is 35.5. The standard InChI is InChI=1S/C21H15ClF2N6O2S/c22-13-4-5-16-17(10-25)20(30(18(16)7-13)19-3-1-2-6-26-19)21-27-11-15(12-28-21)33(31,32)29-14(8-23)9-24/h1-7,11-12,14,29H,8-9H2. The smallest absolute Gasteiger partial charge is 0.244 e. The second-order valence-corrected chi connectivity index (χ2v) is 9.04. The minimum Gasteiger partial charge on any atom is -0.289 e. The largest absolute Gasteiger partial charge is 0.289 e. The fourth-order valence-electron chi connectivity index (χ4n) is 3.28. The molecule has 33 heavy (non-hydrogen) atoms. The summed E-state index contributed by atoms with van der Waals surface area (Å²) in [6.45, 7) is -2.40. The second-order valence-electron chi connectivity index (χ2n) is 6.89. The van der Waals surface area contributed by atoms with Crippen LogP contribution in [0.4, 0.5) is 8.78 Å². The number of fused-ring (bicyclic) bond motifs is 1. The van der Waals surface area contributed by atoms with Crippen LogP contribution >= 0.6 is 11.6 Å². The number of aromatic nitrogens is 4. The zero-order valence-electron chi connectivity index (χ0n) is 16.8. The van der Waals surface area contributed by atoms with Gasteiger partial charge in [-0.1, -0.05) is 17.7 Å². The van der Waals surface area contributed by atoms with Crippen LogP contribution in [0.1, 0.15) is 5.56 Å². The van der Waals surface area contributed by atoms with Gasteiger partial charge in [-0.15, -0.1) is 0 Å². The third kappa shape index (κ3) is 4.28. The lowest BCUT2D eigenvalue weighted by Gasteiger charge is -2.12. The van der Waals surface area contributed by atoms with Gasteiger partial charge < -0.3 is 0 Å². The van der Waals surface area contributed by atoms with Crippen LogP contribution in [0.5, 0.6) is 0 Å². The predicted molar refractivity (Wildman–Crippen MR) is 118 cm³/mol. The number of hydrogen-bond donors (Lipinski definition) is 1. The number of rotatable bonds is 7. The molecule has 8 nitrogen and oxygen atoms in total. The molecule has 0 amide bonds. The topological polar surface area (TPSA) is 114 Å². The van der Waals surface area contributed by atoms with Crippen LogP contribution in [-0.2, 0) is 10.0 Å². The lowest BCUT2D eigenvalue weighted by atomic mass is 10.1. The number of nitrogens with zero attached hydrogens (tertiary/aromatic N) is 5. The highest BCUT2D eigenvalue weighted by molar-refractivity contribution is 7.89. The lowest BCUT2D eigenvalue weighted by Crippen LogP contribution is -2.38. The molecule has 0 aliphatic heterocycles. The van der Waals surface area contributed by atoms with Gasteiger partial charge in [0.05, 0.1) is 29.5 Å². The molecule has 4 aromatic rings. The summed E-state index contributed by atoms with van der Waals surface area (Å²) in [6, 6.07) is 10.9. The maximum absolute atomic E-state index is 12.8. The number of sulfonamides is 1. The zero-order valence-corrected chi connectivity index (χ0v) is 18.4. The molecule has 3 aromatic heterocycles. The predicted octanol–water partition coefficient (Wildman–Crippen LogP) is 3.59. The maximum Gasteiger partial charge on any atom is 0.244 e. The van der Waals surface area contributed by atoms with E-state index in [1.807, 2.05) is 4.72 Å². The van der Waals surface area contributed by atoms with Crippen molar-refractivity contribution in [2.24, 2.45) is 0 Å². The number of pyridine rings is 1. The van der Waals surface area contributed by atoms with Crippen LogP contribution in [0.2, 0.25) is 5.02 Å².